The van der Waals surface area contributed by atoms with Crippen molar-refractivity contribution in [1.82, 2.24) is 5.32 Å². The number of nitrogens with one attached hydrogen (secondary N) is 1. The molecule has 0 saturated heterocycles. The Morgan fingerprint density at radius 2 is 2.18 bits per heavy atom. The highest BCUT2D eigenvalue weighted by atomic mass is 19.1. The van der Waals surface area contributed by atoms with E-state index in [1.54, 1.807) is 19.1 Å². The Morgan fingerprint density at radius 1 is 1.41 bits per heavy atom. The third kappa shape index (κ3) is 2.78. The normalized spacial score (nSPS) is 17.6. The molecule has 94 valence electrons. The summed E-state index contributed by atoms with van der Waals surface area (Å²) in [5, 5.41) is 3.16. The highest BCUT2D eigenvalue weighted by molar-refractivity contribution is 5.29. The van der Waals surface area contributed by atoms with Crippen LogP contribution in [0.4, 0.5) is 4.39 Å². The van der Waals surface area contributed by atoms with Gasteiger partial charge in [-0.25, -0.2) is 4.39 Å². The summed E-state index contributed by atoms with van der Waals surface area (Å²) in [6, 6.07) is 4.99. The van der Waals surface area contributed by atoms with E-state index in [4.69, 9.17) is 4.74 Å². The minimum Gasteiger partial charge on any atom is -0.487 e. The number of aryl methyl sites for hydroxylation is 1. The van der Waals surface area contributed by atoms with Crippen LogP contribution in [0.3, 0.4) is 0 Å². The third-order valence-electron chi connectivity index (χ3n) is 3.56. The second-order valence-electron chi connectivity index (χ2n) is 4.90. The van der Waals surface area contributed by atoms with Crippen LogP contribution in [0.2, 0.25) is 0 Å². The fourth-order valence-electron chi connectivity index (χ4n) is 2.26. The summed E-state index contributed by atoms with van der Waals surface area (Å²) in [4.78, 5) is 0. The molecular weight excluding hydrogens is 217 g/mol. The van der Waals surface area contributed by atoms with E-state index >= 15 is 0 Å². The van der Waals surface area contributed by atoms with Gasteiger partial charge in [-0.15, -0.1) is 0 Å². The van der Waals surface area contributed by atoms with Crippen LogP contribution >= 0.6 is 0 Å². The van der Waals surface area contributed by atoms with Gasteiger partial charge in [-0.1, -0.05) is 0 Å². The molecule has 0 atom stereocenters. The molecule has 0 amide bonds. The zero-order valence-electron chi connectivity index (χ0n) is 10.6. The Morgan fingerprint density at radius 3 is 2.71 bits per heavy atom. The number of benzene rings is 1. The molecule has 1 aromatic carbocycles. The van der Waals surface area contributed by atoms with Gasteiger partial charge in [-0.3, -0.25) is 0 Å². The van der Waals surface area contributed by atoms with Crippen molar-refractivity contribution in [2.45, 2.75) is 38.2 Å². The second-order valence-corrected chi connectivity index (χ2v) is 4.90. The molecule has 3 heteroatoms. The first-order valence-electron chi connectivity index (χ1n) is 6.25. The average molecular weight is 237 g/mol. The number of hydrogen-bond acceptors (Lipinski definition) is 2. The van der Waals surface area contributed by atoms with Crippen molar-refractivity contribution in [3.63, 3.8) is 0 Å². The summed E-state index contributed by atoms with van der Waals surface area (Å²) in [6.45, 7) is 2.73. The van der Waals surface area contributed by atoms with Crippen molar-refractivity contribution >= 4 is 0 Å². The summed E-state index contributed by atoms with van der Waals surface area (Å²) in [6.07, 6.45) is 4.44. The Hall–Kier alpha value is -1.09. The highest BCUT2D eigenvalue weighted by Crippen LogP contribution is 2.39. The second kappa shape index (κ2) is 5.05. The average Bonchev–Trinajstić information content (AvgIpc) is 2.27. The molecule has 2 rings (SSSR count). The van der Waals surface area contributed by atoms with Gasteiger partial charge in [0.25, 0.3) is 0 Å². The van der Waals surface area contributed by atoms with Crippen molar-refractivity contribution in [3.05, 3.63) is 29.6 Å². The van der Waals surface area contributed by atoms with Crippen LogP contribution in [0.1, 0.15) is 31.2 Å². The van der Waals surface area contributed by atoms with Gasteiger partial charge in [-0.05, 0) is 70.0 Å². The summed E-state index contributed by atoms with van der Waals surface area (Å²) >= 11 is 0. The van der Waals surface area contributed by atoms with Crippen LogP contribution in [0, 0.1) is 12.7 Å². The van der Waals surface area contributed by atoms with Crippen LogP contribution in [-0.4, -0.2) is 19.2 Å². The molecule has 0 bridgehead atoms. The van der Waals surface area contributed by atoms with Gasteiger partial charge in [-0.2, -0.15) is 0 Å². The molecule has 0 aromatic heterocycles. The van der Waals surface area contributed by atoms with Gasteiger partial charge in [0.2, 0.25) is 0 Å². The molecule has 1 fully saturated rings. The monoisotopic (exact) mass is 237 g/mol. The molecule has 0 unspecified atom stereocenters. The van der Waals surface area contributed by atoms with Crippen LogP contribution in [0.5, 0.6) is 5.75 Å². The summed E-state index contributed by atoms with van der Waals surface area (Å²) in [5.41, 5.74) is 0.624. The summed E-state index contributed by atoms with van der Waals surface area (Å²) in [7, 11) is 1.95. The van der Waals surface area contributed by atoms with Crippen molar-refractivity contribution in [2.75, 3.05) is 13.6 Å². The van der Waals surface area contributed by atoms with E-state index in [2.05, 4.69) is 5.32 Å². The Bertz CT molecular complexity index is 388. The molecule has 0 spiro atoms. The number of ether oxygens (including phenoxy) is 1. The summed E-state index contributed by atoms with van der Waals surface area (Å²) in [5.74, 6) is 0.620. The first-order chi connectivity index (χ1) is 8.15. The minimum atomic E-state index is -0.171. The van der Waals surface area contributed by atoms with Crippen LogP contribution in [-0.2, 0) is 0 Å². The molecule has 0 heterocycles. The Balaban J connectivity index is 2.05. The fraction of sp³-hybridized carbons (Fsp3) is 0.571. The lowest BCUT2D eigenvalue weighted by Gasteiger charge is -2.42. The van der Waals surface area contributed by atoms with E-state index in [9.17, 15) is 4.39 Å². The van der Waals surface area contributed by atoms with E-state index in [0.717, 1.165) is 31.6 Å². The fourth-order valence-corrected chi connectivity index (χ4v) is 2.26. The van der Waals surface area contributed by atoms with Crippen molar-refractivity contribution in [3.8, 4) is 5.75 Å². The molecule has 1 aromatic rings. The SMILES string of the molecule is CNCCC1(Oc2ccc(F)c(C)c2)CCC1. The molecule has 0 radical (unpaired) electrons. The molecular formula is C14H20FNO. The smallest absolute Gasteiger partial charge is 0.126 e. The topological polar surface area (TPSA) is 21.3 Å². The van der Waals surface area contributed by atoms with Gasteiger partial charge < -0.3 is 10.1 Å². The zero-order valence-corrected chi connectivity index (χ0v) is 10.6. The van der Waals surface area contributed by atoms with Crippen LogP contribution in [0.25, 0.3) is 0 Å². The van der Waals surface area contributed by atoms with Gasteiger partial charge in [0.05, 0.1) is 0 Å². The first-order valence-corrected chi connectivity index (χ1v) is 6.25. The maximum atomic E-state index is 13.2. The van der Waals surface area contributed by atoms with E-state index in [0.29, 0.717) is 5.56 Å². The van der Waals surface area contributed by atoms with Crippen molar-refractivity contribution < 1.29 is 9.13 Å². The predicted octanol–water partition coefficient (Wildman–Crippen LogP) is 3.05. The minimum absolute atomic E-state index is 0.0206. The summed E-state index contributed by atoms with van der Waals surface area (Å²) < 4.78 is 19.2. The molecule has 1 N–H and O–H groups in total. The lowest BCUT2D eigenvalue weighted by molar-refractivity contribution is -0.0139. The lowest BCUT2D eigenvalue weighted by atomic mass is 9.77. The van der Waals surface area contributed by atoms with E-state index in [1.807, 2.05) is 7.05 Å². The largest absolute Gasteiger partial charge is 0.487 e. The number of rotatable bonds is 5. The Kier molecular flexibility index (Phi) is 3.67. The van der Waals surface area contributed by atoms with E-state index in [1.165, 1.54) is 12.5 Å². The predicted molar refractivity (Wildman–Crippen MR) is 66.9 cm³/mol. The zero-order chi connectivity index (χ0) is 12.3. The van der Waals surface area contributed by atoms with Crippen molar-refractivity contribution in [1.29, 1.82) is 0 Å². The molecule has 2 nitrogen and oxygen atoms in total. The first kappa shape index (κ1) is 12.4. The molecule has 1 aliphatic carbocycles. The number of halogens is 1. The van der Waals surface area contributed by atoms with Crippen LogP contribution in [0.15, 0.2) is 18.2 Å². The lowest BCUT2D eigenvalue weighted by Crippen LogP contribution is -2.45. The standard InChI is InChI=1S/C14H20FNO/c1-11-10-12(4-5-13(11)15)17-14(6-3-7-14)8-9-16-2/h4-5,10,16H,3,6-9H2,1-2H3. The molecule has 17 heavy (non-hydrogen) atoms. The highest BCUT2D eigenvalue weighted by Gasteiger charge is 2.38. The third-order valence-corrected chi connectivity index (χ3v) is 3.56. The van der Waals surface area contributed by atoms with Gasteiger partial charge in [0.1, 0.15) is 17.2 Å². The maximum Gasteiger partial charge on any atom is 0.126 e. The Labute approximate surface area is 102 Å². The molecule has 0 aliphatic heterocycles. The van der Waals surface area contributed by atoms with E-state index < -0.39 is 0 Å². The quantitative estimate of drug-likeness (QED) is 0.850. The maximum absolute atomic E-state index is 13.2. The number of hydrogen-bond donors (Lipinski definition) is 1. The van der Waals surface area contributed by atoms with Gasteiger partial charge in [0, 0.05) is 0 Å². The van der Waals surface area contributed by atoms with Crippen molar-refractivity contribution in [2.24, 2.45) is 0 Å². The van der Waals surface area contributed by atoms with E-state index in [-0.39, 0.29) is 11.4 Å². The molecule has 1 aliphatic rings. The van der Waals surface area contributed by atoms with Gasteiger partial charge in [0.15, 0.2) is 0 Å². The molecule has 1 saturated carbocycles. The van der Waals surface area contributed by atoms with Gasteiger partial charge >= 0.3 is 0 Å². The van der Waals surface area contributed by atoms with Crippen LogP contribution < -0.4 is 10.1 Å².